The fourth-order valence-electron chi connectivity index (χ4n) is 3.29. The van der Waals surface area contributed by atoms with Gasteiger partial charge in [0, 0.05) is 12.2 Å². The number of hydrogen-bond acceptors (Lipinski definition) is 7. The van der Waals surface area contributed by atoms with Gasteiger partial charge in [-0.15, -0.1) is 0 Å². The van der Waals surface area contributed by atoms with E-state index in [0.29, 0.717) is 24.1 Å². The van der Waals surface area contributed by atoms with Gasteiger partial charge in [-0.2, -0.15) is 4.31 Å². The van der Waals surface area contributed by atoms with E-state index in [4.69, 9.17) is 9.47 Å². The number of hydrogen-bond donors (Lipinski definition) is 1. The molecule has 1 aliphatic heterocycles. The number of methoxy groups -OCH3 is 1. The van der Waals surface area contributed by atoms with E-state index in [9.17, 15) is 22.8 Å². The first kappa shape index (κ1) is 21.1. The molecule has 0 bridgehead atoms. The van der Waals surface area contributed by atoms with Crippen molar-refractivity contribution >= 4 is 27.7 Å². The molecule has 0 saturated carbocycles. The largest absolute Gasteiger partial charge is 0.465 e. The van der Waals surface area contributed by atoms with E-state index >= 15 is 0 Å². The minimum Gasteiger partial charge on any atom is -0.465 e. The van der Waals surface area contributed by atoms with Crippen LogP contribution in [-0.2, 0) is 24.3 Å². The Bertz CT molecular complexity index is 872. The number of carbonyl (C=O) groups excluding carboxylic acids is 3. The van der Waals surface area contributed by atoms with Gasteiger partial charge in [0.15, 0.2) is 6.10 Å². The number of rotatable bonds is 6. The lowest BCUT2D eigenvalue weighted by Crippen LogP contribution is -2.42. The Labute approximate surface area is 158 Å². The van der Waals surface area contributed by atoms with Crippen LogP contribution in [0.5, 0.6) is 0 Å². The highest BCUT2D eigenvalue weighted by Crippen LogP contribution is 2.24. The van der Waals surface area contributed by atoms with E-state index < -0.39 is 39.9 Å². The summed E-state index contributed by atoms with van der Waals surface area (Å²) in [6.07, 6.45) is 0.792. The van der Waals surface area contributed by atoms with Gasteiger partial charge in [-0.05, 0) is 39.2 Å². The molecule has 2 heterocycles. The first-order valence-electron chi connectivity index (χ1n) is 8.48. The maximum absolute atomic E-state index is 12.7. The zero-order chi connectivity index (χ0) is 20.5. The summed E-state index contributed by atoms with van der Waals surface area (Å²) < 4.78 is 34.6. The van der Waals surface area contributed by atoms with Crippen LogP contribution in [0.15, 0.2) is 0 Å². The monoisotopic (exact) mass is 400 g/mol. The standard InChI is InChI=1S/C17H24N2O7S/c1-9-13(17(22)25-4)10(2)18-14(9)15(20)11(3)26-16(21)12-7-6-8-19(12)27(5,23)24/h11-12,18H,6-8H2,1-5H3/t11-,12+/m1/s1. The van der Waals surface area contributed by atoms with Gasteiger partial charge in [0.1, 0.15) is 6.04 Å². The fraction of sp³-hybridized carbons (Fsp3) is 0.588. The van der Waals surface area contributed by atoms with E-state index in [0.717, 1.165) is 10.6 Å². The number of aromatic amines is 1. The number of aromatic nitrogens is 1. The van der Waals surface area contributed by atoms with Crippen molar-refractivity contribution in [2.45, 2.75) is 45.8 Å². The quantitative estimate of drug-likeness (QED) is 0.557. The van der Waals surface area contributed by atoms with Crippen molar-refractivity contribution in [3.05, 3.63) is 22.5 Å². The molecule has 1 saturated heterocycles. The Kier molecular flexibility index (Phi) is 6.10. The third-order valence-electron chi connectivity index (χ3n) is 4.64. The topological polar surface area (TPSA) is 123 Å². The van der Waals surface area contributed by atoms with Crippen LogP contribution < -0.4 is 0 Å². The van der Waals surface area contributed by atoms with E-state index in [-0.39, 0.29) is 17.8 Å². The molecule has 0 radical (unpaired) electrons. The van der Waals surface area contributed by atoms with Crippen LogP contribution in [0.2, 0.25) is 0 Å². The zero-order valence-electron chi connectivity index (χ0n) is 16.0. The molecule has 1 aromatic rings. The Morgan fingerprint density at radius 3 is 2.44 bits per heavy atom. The van der Waals surface area contributed by atoms with Gasteiger partial charge in [0.05, 0.1) is 24.6 Å². The van der Waals surface area contributed by atoms with Crippen molar-refractivity contribution in [3.63, 3.8) is 0 Å². The lowest BCUT2D eigenvalue weighted by atomic mass is 10.1. The molecule has 1 fully saturated rings. The Balaban J connectivity index is 2.17. The van der Waals surface area contributed by atoms with Crippen LogP contribution in [0, 0.1) is 13.8 Å². The highest BCUT2D eigenvalue weighted by Gasteiger charge is 2.39. The minimum absolute atomic E-state index is 0.152. The summed E-state index contributed by atoms with van der Waals surface area (Å²) in [6.45, 7) is 4.89. The van der Waals surface area contributed by atoms with E-state index in [1.54, 1.807) is 13.8 Å². The molecule has 0 amide bonds. The van der Waals surface area contributed by atoms with Crippen LogP contribution in [0.3, 0.4) is 0 Å². The first-order chi connectivity index (χ1) is 12.5. The minimum atomic E-state index is -3.54. The number of carbonyl (C=O) groups is 3. The molecule has 0 unspecified atom stereocenters. The SMILES string of the molecule is COC(=O)c1c(C)[nH]c(C(=O)[C@@H](C)OC(=O)[C@@H]2CCCN2S(C)(=O)=O)c1C. The third-order valence-corrected chi connectivity index (χ3v) is 5.93. The lowest BCUT2D eigenvalue weighted by molar-refractivity contribution is -0.150. The van der Waals surface area contributed by atoms with Crippen molar-refractivity contribution in [3.8, 4) is 0 Å². The van der Waals surface area contributed by atoms with Crippen molar-refractivity contribution < 1.29 is 32.3 Å². The molecule has 2 rings (SSSR count). The molecule has 150 valence electrons. The van der Waals surface area contributed by atoms with E-state index in [1.165, 1.54) is 14.0 Å². The van der Waals surface area contributed by atoms with Crippen LogP contribution in [0.4, 0.5) is 0 Å². The van der Waals surface area contributed by atoms with Gasteiger partial charge < -0.3 is 14.5 Å². The number of nitrogens with one attached hydrogen (secondary N) is 1. The lowest BCUT2D eigenvalue weighted by Gasteiger charge is -2.22. The molecule has 1 N–H and O–H groups in total. The normalized spacial score (nSPS) is 18.9. The number of ether oxygens (including phenoxy) is 2. The predicted molar refractivity (Wildman–Crippen MR) is 96.1 cm³/mol. The summed E-state index contributed by atoms with van der Waals surface area (Å²) in [5.74, 6) is -1.84. The molecule has 1 aromatic heterocycles. The highest BCUT2D eigenvalue weighted by atomic mass is 32.2. The van der Waals surface area contributed by atoms with E-state index in [2.05, 4.69) is 4.98 Å². The maximum atomic E-state index is 12.7. The molecule has 10 heteroatoms. The van der Waals surface area contributed by atoms with E-state index in [1.807, 2.05) is 0 Å². The molecule has 2 atom stereocenters. The van der Waals surface area contributed by atoms with Gasteiger partial charge in [-0.3, -0.25) is 9.59 Å². The number of H-pyrrole nitrogens is 1. The number of sulfonamides is 1. The van der Waals surface area contributed by atoms with Crippen LogP contribution in [0.1, 0.15) is 51.9 Å². The van der Waals surface area contributed by atoms with Gasteiger partial charge in [0.2, 0.25) is 15.8 Å². The van der Waals surface area contributed by atoms with Crippen molar-refractivity contribution in [2.75, 3.05) is 19.9 Å². The number of esters is 2. The fourth-order valence-corrected chi connectivity index (χ4v) is 4.40. The Hall–Kier alpha value is -2.20. The summed E-state index contributed by atoms with van der Waals surface area (Å²) in [4.78, 5) is 39.8. The number of Topliss-reactive ketones (excluding diaryl/α,β-unsaturated/α-hetero) is 1. The van der Waals surface area contributed by atoms with Crippen molar-refractivity contribution in [1.82, 2.24) is 9.29 Å². The molecule has 0 aliphatic carbocycles. The summed E-state index contributed by atoms with van der Waals surface area (Å²) >= 11 is 0. The maximum Gasteiger partial charge on any atom is 0.339 e. The molecule has 0 aromatic carbocycles. The molecule has 0 spiro atoms. The number of aryl methyl sites for hydroxylation is 1. The van der Waals surface area contributed by atoms with Crippen LogP contribution in [-0.4, -0.2) is 67.5 Å². The molecular weight excluding hydrogens is 376 g/mol. The zero-order valence-corrected chi connectivity index (χ0v) is 16.8. The smallest absolute Gasteiger partial charge is 0.339 e. The first-order valence-corrected chi connectivity index (χ1v) is 10.3. The predicted octanol–water partition coefficient (Wildman–Crippen LogP) is 0.957. The van der Waals surface area contributed by atoms with Gasteiger partial charge >= 0.3 is 11.9 Å². The molecule has 27 heavy (non-hydrogen) atoms. The average molecular weight is 400 g/mol. The summed E-state index contributed by atoms with van der Waals surface area (Å²) in [7, 11) is -2.29. The average Bonchev–Trinajstić information content (AvgIpc) is 3.18. The Morgan fingerprint density at radius 2 is 1.89 bits per heavy atom. The highest BCUT2D eigenvalue weighted by molar-refractivity contribution is 7.88. The van der Waals surface area contributed by atoms with Crippen molar-refractivity contribution in [2.24, 2.45) is 0 Å². The second-order valence-corrected chi connectivity index (χ2v) is 8.53. The summed E-state index contributed by atoms with van der Waals surface area (Å²) in [5, 5.41) is 0. The summed E-state index contributed by atoms with van der Waals surface area (Å²) in [5.41, 5.74) is 1.30. The Morgan fingerprint density at radius 1 is 1.26 bits per heavy atom. The van der Waals surface area contributed by atoms with Crippen LogP contribution >= 0.6 is 0 Å². The van der Waals surface area contributed by atoms with Gasteiger partial charge in [-0.25, -0.2) is 13.2 Å². The molecule has 1 aliphatic rings. The second-order valence-electron chi connectivity index (χ2n) is 6.59. The van der Waals surface area contributed by atoms with Gasteiger partial charge in [-0.1, -0.05) is 0 Å². The third kappa shape index (κ3) is 4.22. The second kappa shape index (κ2) is 7.81. The number of nitrogens with zero attached hydrogens (tertiary/aromatic N) is 1. The van der Waals surface area contributed by atoms with Crippen LogP contribution in [0.25, 0.3) is 0 Å². The molecule has 9 nitrogen and oxygen atoms in total. The molecular formula is C17H24N2O7S. The number of ketones is 1. The van der Waals surface area contributed by atoms with Crippen molar-refractivity contribution in [1.29, 1.82) is 0 Å². The van der Waals surface area contributed by atoms with Gasteiger partial charge in [0.25, 0.3) is 0 Å². The summed E-state index contributed by atoms with van der Waals surface area (Å²) in [6, 6.07) is -0.924.